The molecule has 0 saturated carbocycles. The van der Waals surface area contributed by atoms with E-state index in [-0.39, 0.29) is 83.0 Å². The maximum absolute atomic E-state index is 12.7. The normalized spacial score (nSPS) is 10.8. The number of hydrogen-bond donors (Lipinski definition) is 7. The van der Waals surface area contributed by atoms with E-state index < -0.39 is 5.54 Å². The lowest BCUT2D eigenvalue weighted by molar-refractivity contribution is -0.130. The summed E-state index contributed by atoms with van der Waals surface area (Å²) in [6, 6.07) is 0. The summed E-state index contributed by atoms with van der Waals surface area (Å²) in [6.45, 7) is 7.95. The van der Waals surface area contributed by atoms with Crippen molar-refractivity contribution >= 4 is 24.0 Å². The minimum Gasteiger partial charge on any atom is -0.378 e. The average Bonchev–Trinajstić information content (AvgIpc) is 2.99. The van der Waals surface area contributed by atoms with Crippen molar-refractivity contribution in [2.45, 2.75) is 63.3 Å². The molecule has 252 valence electrons. The number of unbranched alkanes of at least 4 members (excludes halogenated alkanes) is 1. The van der Waals surface area contributed by atoms with E-state index in [1.54, 1.807) is 6.08 Å². The SMILES string of the molecule is C=CCCCC(=O)NC(COCCC=O)(COCCC(=O)NCCCN)COCCC(=O)NCCCN.CNCCCN. The van der Waals surface area contributed by atoms with Crippen LogP contribution in [0.1, 0.15) is 57.8 Å². The molecule has 0 aliphatic rings. The molecule has 0 aromatic carbocycles. The minimum atomic E-state index is -1.07. The van der Waals surface area contributed by atoms with Crippen molar-refractivity contribution in [3.63, 3.8) is 0 Å². The number of ether oxygens (including phenoxy) is 3. The lowest BCUT2D eigenvalue weighted by Gasteiger charge is -2.34. The highest BCUT2D eigenvalue weighted by Crippen LogP contribution is 2.12. The number of allylic oxidation sites excluding steroid dienone is 1. The van der Waals surface area contributed by atoms with E-state index in [1.807, 2.05) is 7.05 Å². The summed E-state index contributed by atoms with van der Waals surface area (Å²) >= 11 is 0. The van der Waals surface area contributed by atoms with Gasteiger partial charge >= 0.3 is 0 Å². The highest BCUT2D eigenvalue weighted by atomic mass is 16.5. The van der Waals surface area contributed by atoms with E-state index in [0.29, 0.717) is 51.9 Å². The van der Waals surface area contributed by atoms with Crippen molar-refractivity contribution in [1.82, 2.24) is 21.3 Å². The van der Waals surface area contributed by atoms with E-state index >= 15 is 0 Å². The Kier molecular flexibility index (Phi) is 32.2. The van der Waals surface area contributed by atoms with Crippen LogP contribution in [-0.2, 0) is 33.4 Å². The van der Waals surface area contributed by atoms with Crippen molar-refractivity contribution in [3.8, 4) is 0 Å². The first kappa shape index (κ1) is 42.7. The molecule has 0 unspecified atom stereocenters. The number of nitrogens with one attached hydrogen (secondary N) is 4. The maximum Gasteiger partial charge on any atom is 0.222 e. The van der Waals surface area contributed by atoms with Gasteiger partial charge in [-0.15, -0.1) is 6.58 Å². The molecule has 0 saturated heterocycles. The lowest BCUT2D eigenvalue weighted by atomic mass is 10.0. The Morgan fingerprint density at radius 2 is 1.19 bits per heavy atom. The number of hydrogen-bond acceptors (Lipinski definition) is 11. The predicted octanol–water partition coefficient (Wildman–Crippen LogP) is -0.899. The largest absolute Gasteiger partial charge is 0.378 e. The first-order valence-electron chi connectivity index (χ1n) is 15.2. The quantitative estimate of drug-likeness (QED) is 0.0309. The van der Waals surface area contributed by atoms with Crippen LogP contribution in [0.4, 0.5) is 0 Å². The molecule has 0 aliphatic heterocycles. The third-order valence-electron chi connectivity index (χ3n) is 5.72. The number of carbonyl (C=O) groups is 4. The molecular formula is C29H59N7O7. The molecule has 43 heavy (non-hydrogen) atoms. The van der Waals surface area contributed by atoms with Gasteiger partial charge in [0, 0.05) is 38.8 Å². The highest BCUT2D eigenvalue weighted by Gasteiger charge is 2.33. The van der Waals surface area contributed by atoms with Crippen LogP contribution in [-0.4, -0.2) is 116 Å². The monoisotopic (exact) mass is 617 g/mol. The minimum absolute atomic E-state index is 0.0140. The summed E-state index contributed by atoms with van der Waals surface area (Å²) in [4.78, 5) is 47.3. The van der Waals surface area contributed by atoms with Crippen LogP contribution in [0.3, 0.4) is 0 Å². The summed E-state index contributed by atoms with van der Waals surface area (Å²) in [5.41, 5.74) is 15.0. The number of rotatable bonds is 29. The topological polar surface area (TPSA) is 222 Å². The highest BCUT2D eigenvalue weighted by molar-refractivity contribution is 5.77. The van der Waals surface area contributed by atoms with Crippen LogP contribution in [0.15, 0.2) is 12.7 Å². The number of aldehydes is 1. The number of amides is 3. The molecule has 14 nitrogen and oxygen atoms in total. The van der Waals surface area contributed by atoms with Crippen LogP contribution in [0.2, 0.25) is 0 Å². The van der Waals surface area contributed by atoms with Crippen LogP contribution in [0.25, 0.3) is 0 Å². The van der Waals surface area contributed by atoms with Gasteiger partial charge in [-0.05, 0) is 65.3 Å². The Morgan fingerprint density at radius 3 is 1.60 bits per heavy atom. The van der Waals surface area contributed by atoms with Gasteiger partial charge in [0.15, 0.2) is 0 Å². The molecule has 0 aromatic rings. The molecule has 14 heteroatoms. The zero-order chi connectivity index (χ0) is 32.4. The molecule has 0 radical (unpaired) electrons. The van der Waals surface area contributed by atoms with Crippen LogP contribution >= 0.6 is 0 Å². The van der Waals surface area contributed by atoms with Crippen LogP contribution < -0.4 is 38.5 Å². The molecule has 0 atom stereocenters. The molecule has 10 N–H and O–H groups in total. The summed E-state index contributed by atoms with van der Waals surface area (Å²) in [5, 5.41) is 11.5. The number of nitrogens with two attached hydrogens (primary N) is 3. The van der Waals surface area contributed by atoms with Crippen molar-refractivity contribution in [3.05, 3.63) is 12.7 Å². The second-order valence-electron chi connectivity index (χ2n) is 9.85. The zero-order valence-electron chi connectivity index (χ0n) is 26.3. The Balaban J connectivity index is 0. The van der Waals surface area contributed by atoms with Gasteiger partial charge in [-0.1, -0.05) is 6.08 Å². The van der Waals surface area contributed by atoms with Gasteiger partial charge in [0.25, 0.3) is 0 Å². The van der Waals surface area contributed by atoms with Crippen LogP contribution in [0, 0.1) is 0 Å². The van der Waals surface area contributed by atoms with Gasteiger partial charge in [0.2, 0.25) is 17.7 Å². The van der Waals surface area contributed by atoms with Gasteiger partial charge in [0.05, 0.1) is 39.6 Å². The van der Waals surface area contributed by atoms with E-state index in [0.717, 1.165) is 25.8 Å². The predicted molar refractivity (Wildman–Crippen MR) is 168 cm³/mol. The number of carbonyl (C=O) groups excluding carboxylic acids is 4. The second-order valence-corrected chi connectivity index (χ2v) is 9.85. The molecule has 0 aromatic heterocycles. The van der Waals surface area contributed by atoms with Gasteiger partial charge < -0.3 is 57.5 Å². The van der Waals surface area contributed by atoms with E-state index in [4.69, 9.17) is 31.4 Å². The molecular weight excluding hydrogens is 558 g/mol. The Bertz CT molecular complexity index is 681. The van der Waals surface area contributed by atoms with Gasteiger partial charge in [-0.3, -0.25) is 14.4 Å². The fourth-order valence-corrected chi connectivity index (χ4v) is 3.38. The van der Waals surface area contributed by atoms with Gasteiger partial charge in [-0.25, -0.2) is 0 Å². The molecule has 0 fully saturated rings. The second kappa shape index (κ2) is 32.5. The van der Waals surface area contributed by atoms with E-state index in [1.165, 1.54) is 0 Å². The molecule has 0 heterocycles. The summed E-state index contributed by atoms with van der Waals surface area (Å²) in [6.07, 6.45) is 7.03. The third-order valence-corrected chi connectivity index (χ3v) is 5.72. The Morgan fingerprint density at radius 1 is 0.698 bits per heavy atom. The Hall–Kier alpha value is -2.46. The van der Waals surface area contributed by atoms with Crippen molar-refractivity contribution in [1.29, 1.82) is 0 Å². The van der Waals surface area contributed by atoms with E-state index in [2.05, 4.69) is 27.8 Å². The molecule has 0 spiro atoms. The average molecular weight is 618 g/mol. The van der Waals surface area contributed by atoms with Gasteiger partial charge in [-0.2, -0.15) is 0 Å². The summed E-state index contributed by atoms with van der Waals surface area (Å²) in [7, 11) is 1.93. The van der Waals surface area contributed by atoms with Crippen molar-refractivity contribution in [2.75, 3.05) is 86.0 Å². The van der Waals surface area contributed by atoms with E-state index in [9.17, 15) is 19.2 Å². The molecule has 0 rings (SSSR count). The fraction of sp³-hybridized carbons (Fsp3) is 0.793. The first-order chi connectivity index (χ1) is 20.8. The first-order valence-corrected chi connectivity index (χ1v) is 15.2. The lowest BCUT2D eigenvalue weighted by Crippen LogP contribution is -2.58. The Labute approximate surface area is 257 Å². The van der Waals surface area contributed by atoms with Crippen LogP contribution in [0.5, 0.6) is 0 Å². The van der Waals surface area contributed by atoms with Crippen molar-refractivity contribution < 1.29 is 33.4 Å². The zero-order valence-corrected chi connectivity index (χ0v) is 26.3. The molecule has 0 bridgehead atoms. The third kappa shape index (κ3) is 29.4. The standard InChI is InChI=1S/C25H47N5O7.C4H12N2/c1-2-3-4-8-24(34)30-25(19-35-16-7-15-31,20-36-17-9-22(32)28-13-5-11-26)21-37-18-10-23(33)29-14-6-12-27;1-6-4-2-3-5/h2,15H,1,3-14,16-21,26-27H2,(H,28,32)(H,29,33)(H,30,34);6H,2-5H2,1H3. The van der Waals surface area contributed by atoms with Crippen molar-refractivity contribution in [2.24, 2.45) is 17.2 Å². The summed E-state index contributed by atoms with van der Waals surface area (Å²) in [5.74, 6) is -0.537. The maximum atomic E-state index is 12.7. The fourth-order valence-electron chi connectivity index (χ4n) is 3.38. The molecule has 0 aliphatic carbocycles. The molecule has 3 amide bonds. The summed E-state index contributed by atoms with van der Waals surface area (Å²) < 4.78 is 17.2. The smallest absolute Gasteiger partial charge is 0.222 e. The van der Waals surface area contributed by atoms with Gasteiger partial charge in [0.1, 0.15) is 11.8 Å².